The summed E-state index contributed by atoms with van der Waals surface area (Å²) in [6.07, 6.45) is 0.0627. The minimum absolute atomic E-state index is 0.0677. The number of methoxy groups -OCH3 is 2. The number of alkyl halides is 1. The van der Waals surface area contributed by atoms with E-state index in [1.807, 2.05) is 0 Å². The van der Waals surface area contributed by atoms with E-state index in [0.29, 0.717) is 19.5 Å². The third kappa shape index (κ3) is 2.83. The molecule has 0 aromatic heterocycles. The normalized spacial score (nSPS) is 23.2. The van der Waals surface area contributed by atoms with E-state index < -0.39 is 0 Å². The first kappa shape index (κ1) is 10.8. The lowest BCUT2D eigenvalue weighted by molar-refractivity contribution is -0.141. The molecule has 0 N–H and O–H groups in total. The van der Waals surface area contributed by atoms with Crippen molar-refractivity contribution in [3.63, 3.8) is 0 Å². The number of hydrogen-bond donors (Lipinski definition) is 0. The van der Waals surface area contributed by atoms with Gasteiger partial charge in [0.15, 0.2) is 6.29 Å². The summed E-state index contributed by atoms with van der Waals surface area (Å²) in [6, 6.07) is 0. The Morgan fingerprint density at radius 1 is 1.62 bits per heavy atom. The lowest BCUT2D eigenvalue weighted by atomic mass is 10.4. The molecule has 4 nitrogen and oxygen atoms in total. The van der Waals surface area contributed by atoms with Crippen LogP contribution >= 0.6 is 11.6 Å². The number of ether oxygens (including phenoxy) is 2. The first-order valence-corrected chi connectivity index (χ1v) is 4.58. The van der Waals surface area contributed by atoms with Crippen molar-refractivity contribution >= 4 is 17.5 Å². The van der Waals surface area contributed by atoms with E-state index in [1.54, 1.807) is 19.1 Å². The molecule has 1 amide bonds. The van der Waals surface area contributed by atoms with Gasteiger partial charge in [-0.2, -0.15) is 0 Å². The van der Waals surface area contributed by atoms with Crippen LogP contribution in [0.25, 0.3) is 0 Å². The Morgan fingerprint density at radius 3 is 2.62 bits per heavy atom. The summed E-state index contributed by atoms with van der Waals surface area (Å²) in [6.45, 7) is 1.04. The molecule has 5 heteroatoms. The summed E-state index contributed by atoms with van der Waals surface area (Å²) in [5, 5.41) is -0.0677. The lowest BCUT2D eigenvalue weighted by Crippen LogP contribution is -2.35. The maximum Gasteiger partial charge on any atom is 0.224 e. The molecule has 0 aliphatic carbocycles. The number of amides is 1. The molecule has 1 aliphatic rings. The van der Waals surface area contributed by atoms with Crippen molar-refractivity contribution in [3.05, 3.63) is 0 Å². The molecular weight excluding hydrogens is 194 g/mol. The van der Waals surface area contributed by atoms with Gasteiger partial charge in [-0.15, -0.1) is 11.6 Å². The Labute approximate surface area is 82.7 Å². The van der Waals surface area contributed by atoms with Gasteiger partial charge in [0.25, 0.3) is 0 Å². The van der Waals surface area contributed by atoms with Crippen LogP contribution in [0, 0.1) is 0 Å². The van der Waals surface area contributed by atoms with Gasteiger partial charge < -0.3 is 14.4 Å². The van der Waals surface area contributed by atoms with Crippen LogP contribution in [0.4, 0.5) is 0 Å². The van der Waals surface area contributed by atoms with E-state index >= 15 is 0 Å². The number of carbonyl (C=O) groups excluding carboxylic acids is 1. The number of carbonyl (C=O) groups is 1. The van der Waals surface area contributed by atoms with Gasteiger partial charge >= 0.3 is 0 Å². The Hall–Kier alpha value is -0.320. The van der Waals surface area contributed by atoms with Crippen molar-refractivity contribution in [2.45, 2.75) is 18.1 Å². The van der Waals surface area contributed by atoms with E-state index in [1.165, 1.54) is 0 Å². The van der Waals surface area contributed by atoms with Crippen LogP contribution in [0.5, 0.6) is 0 Å². The third-order valence-electron chi connectivity index (χ3n) is 2.06. The number of rotatable bonds is 4. The lowest BCUT2D eigenvalue weighted by Gasteiger charge is -2.21. The van der Waals surface area contributed by atoms with E-state index in [9.17, 15) is 4.79 Å². The molecule has 0 aromatic carbocycles. The average molecular weight is 208 g/mol. The summed E-state index contributed by atoms with van der Waals surface area (Å²) < 4.78 is 9.97. The highest BCUT2D eigenvalue weighted by Gasteiger charge is 2.29. The van der Waals surface area contributed by atoms with Crippen molar-refractivity contribution < 1.29 is 14.3 Å². The highest BCUT2D eigenvalue weighted by atomic mass is 35.5. The molecular formula is C8H14ClNO3. The summed E-state index contributed by atoms with van der Waals surface area (Å²) in [5.41, 5.74) is 0. The molecule has 76 valence electrons. The van der Waals surface area contributed by atoms with Gasteiger partial charge in [0.1, 0.15) is 0 Å². The van der Waals surface area contributed by atoms with Crippen LogP contribution < -0.4 is 0 Å². The summed E-state index contributed by atoms with van der Waals surface area (Å²) in [7, 11) is 3.10. The monoisotopic (exact) mass is 207 g/mol. The van der Waals surface area contributed by atoms with Crippen molar-refractivity contribution in [2.75, 3.05) is 27.3 Å². The Bertz CT molecular complexity index is 184. The summed E-state index contributed by atoms with van der Waals surface area (Å²) in [5.74, 6) is 0.0686. The quantitative estimate of drug-likeness (QED) is 0.496. The molecule has 1 heterocycles. The zero-order valence-corrected chi connectivity index (χ0v) is 8.58. The smallest absolute Gasteiger partial charge is 0.224 e. The molecule has 13 heavy (non-hydrogen) atoms. The van der Waals surface area contributed by atoms with Gasteiger partial charge in [-0.1, -0.05) is 0 Å². The summed E-state index contributed by atoms with van der Waals surface area (Å²) in [4.78, 5) is 12.9. The van der Waals surface area contributed by atoms with Gasteiger partial charge in [0.2, 0.25) is 5.91 Å². The van der Waals surface area contributed by atoms with Crippen molar-refractivity contribution in [1.29, 1.82) is 0 Å². The minimum atomic E-state index is -0.356. The van der Waals surface area contributed by atoms with Gasteiger partial charge in [-0.05, 0) is 0 Å². The zero-order valence-electron chi connectivity index (χ0n) is 7.83. The Kier molecular flexibility index (Phi) is 3.96. The second kappa shape index (κ2) is 4.79. The van der Waals surface area contributed by atoms with Crippen LogP contribution in [0.15, 0.2) is 0 Å². The van der Waals surface area contributed by atoms with Crippen molar-refractivity contribution in [2.24, 2.45) is 0 Å². The largest absolute Gasteiger partial charge is 0.354 e. The molecule has 0 saturated carbocycles. The standard InChI is InChI=1S/C8H14ClNO3/c1-12-8(13-2)5-10-4-6(9)3-7(10)11/h6,8H,3-5H2,1-2H3. The van der Waals surface area contributed by atoms with Gasteiger partial charge in [-0.25, -0.2) is 0 Å². The molecule has 1 atom stereocenters. The highest BCUT2D eigenvalue weighted by molar-refractivity contribution is 6.22. The Morgan fingerprint density at radius 2 is 2.23 bits per heavy atom. The molecule has 0 aromatic rings. The van der Waals surface area contributed by atoms with Crippen LogP contribution in [0.2, 0.25) is 0 Å². The van der Waals surface area contributed by atoms with Crippen LogP contribution in [-0.4, -0.2) is 49.8 Å². The second-order valence-electron chi connectivity index (χ2n) is 3.00. The molecule has 0 spiro atoms. The molecule has 1 aliphatic heterocycles. The molecule has 1 fully saturated rings. The fourth-order valence-electron chi connectivity index (χ4n) is 1.33. The van der Waals surface area contributed by atoms with Crippen LogP contribution in [-0.2, 0) is 14.3 Å². The van der Waals surface area contributed by atoms with Crippen molar-refractivity contribution in [1.82, 2.24) is 4.90 Å². The molecule has 0 radical (unpaired) electrons. The topological polar surface area (TPSA) is 38.8 Å². The number of hydrogen-bond acceptors (Lipinski definition) is 3. The number of nitrogens with zero attached hydrogens (tertiary/aromatic N) is 1. The van der Waals surface area contributed by atoms with Crippen molar-refractivity contribution in [3.8, 4) is 0 Å². The van der Waals surface area contributed by atoms with Crippen LogP contribution in [0.1, 0.15) is 6.42 Å². The van der Waals surface area contributed by atoms with Gasteiger partial charge in [-0.3, -0.25) is 4.79 Å². The SMILES string of the molecule is COC(CN1CC(Cl)CC1=O)OC. The fraction of sp³-hybridized carbons (Fsp3) is 0.875. The molecule has 1 unspecified atom stereocenters. The number of likely N-dealkylation sites (tertiary alicyclic amines) is 1. The molecule has 1 rings (SSSR count). The third-order valence-corrected chi connectivity index (χ3v) is 2.35. The number of halogens is 1. The highest BCUT2D eigenvalue weighted by Crippen LogP contribution is 2.16. The van der Waals surface area contributed by atoms with E-state index in [0.717, 1.165) is 0 Å². The van der Waals surface area contributed by atoms with E-state index in [2.05, 4.69) is 0 Å². The Balaban J connectivity index is 2.40. The average Bonchev–Trinajstić information content (AvgIpc) is 2.41. The summed E-state index contributed by atoms with van der Waals surface area (Å²) >= 11 is 5.83. The predicted molar refractivity (Wildman–Crippen MR) is 48.6 cm³/mol. The van der Waals surface area contributed by atoms with Gasteiger partial charge in [0.05, 0.1) is 11.9 Å². The maximum absolute atomic E-state index is 11.3. The van der Waals surface area contributed by atoms with E-state index in [-0.39, 0.29) is 17.6 Å². The fourth-order valence-corrected chi connectivity index (χ4v) is 1.62. The predicted octanol–water partition coefficient (Wildman–Crippen LogP) is 0.445. The first-order valence-electron chi connectivity index (χ1n) is 4.14. The van der Waals surface area contributed by atoms with Crippen LogP contribution in [0.3, 0.4) is 0 Å². The molecule has 0 bridgehead atoms. The minimum Gasteiger partial charge on any atom is -0.354 e. The maximum atomic E-state index is 11.3. The van der Waals surface area contributed by atoms with E-state index in [4.69, 9.17) is 21.1 Å². The zero-order chi connectivity index (χ0) is 9.84. The molecule has 1 saturated heterocycles. The van der Waals surface area contributed by atoms with Gasteiger partial charge in [0, 0.05) is 27.2 Å². The first-order chi connectivity index (χ1) is 6.17. The second-order valence-corrected chi connectivity index (χ2v) is 3.62.